The van der Waals surface area contributed by atoms with Crippen LogP contribution in [0.1, 0.15) is 37.7 Å². The molecule has 20 heavy (non-hydrogen) atoms. The lowest BCUT2D eigenvalue weighted by Crippen LogP contribution is -2.23. The van der Waals surface area contributed by atoms with E-state index in [9.17, 15) is 18.0 Å². The van der Waals surface area contributed by atoms with Gasteiger partial charge in [0, 0.05) is 5.92 Å². The third-order valence-corrected chi connectivity index (χ3v) is 3.60. The summed E-state index contributed by atoms with van der Waals surface area (Å²) >= 11 is 0. The van der Waals surface area contributed by atoms with Crippen LogP contribution in [0.2, 0.25) is 0 Å². The molecule has 0 aromatic heterocycles. The Hall–Kier alpha value is -1.52. The zero-order valence-corrected chi connectivity index (χ0v) is 11.1. The van der Waals surface area contributed by atoms with Gasteiger partial charge in [0.05, 0.1) is 5.56 Å². The zero-order chi connectivity index (χ0) is 14.6. The molecule has 0 radical (unpaired) electrons. The molecule has 110 valence electrons. The Kier molecular flexibility index (Phi) is 4.68. The summed E-state index contributed by atoms with van der Waals surface area (Å²) < 4.78 is 42.8. The fourth-order valence-corrected chi connectivity index (χ4v) is 2.46. The van der Waals surface area contributed by atoms with E-state index in [4.69, 9.17) is 4.74 Å². The highest BCUT2D eigenvalue weighted by Crippen LogP contribution is 2.31. The Balaban J connectivity index is 1.92. The van der Waals surface area contributed by atoms with E-state index in [1.54, 1.807) is 0 Å². The predicted molar refractivity (Wildman–Crippen MR) is 68.5 cm³/mol. The number of carbonyl (C=O) groups excluding carboxylic acids is 1. The predicted octanol–water partition coefficient (Wildman–Crippen LogP) is 4.23. The van der Waals surface area contributed by atoms with Crippen LogP contribution in [-0.4, -0.2) is 12.4 Å². The van der Waals surface area contributed by atoms with Gasteiger partial charge in [-0.25, -0.2) is 0 Å². The molecule has 0 atom stereocenters. The summed E-state index contributed by atoms with van der Waals surface area (Å²) in [6, 6.07) is 4.62. The van der Waals surface area contributed by atoms with Gasteiger partial charge in [-0.1, -0.05) is 25.3 Å². The lowest BCUT2D eigenvalue weighted by atomic mass is 9.86. The van der Waals surface area contributed by atoms with Crippen molar-refractivity contribution in [2.45, 2.75) is 38.3 Å². The first-order valence-corrected chi connectivity index (χ1v) is 6.79. The molecule has 1 aliphatic carbocycles. The van der Waals surface area contributed by atoms with Gasteiger partial charge in [-0.3, -0.25) is 4.79 Å². The third kappa shape index (κ3) is 3.99. The van der Waals surface area contributed by atoms with Crippen molar-refractivity contribution in [3.05, 3.63) is 29.8 Å². The minimum Gasteiger partial charge on any atom is -0.486 e. The van der Waals surface area contributed by atoms with Crippen LogP contribution in [0.5, 0.6) is 5.75 Å². The molecule has 1 aromatic carbocycles. The maximum atomic E-state index is 12.5. The third-order valence-electron chi connectivity index (χ3n) is 3.60. The lowest BCUT2D eigenvalue weighted by Gasteiger charge is -2.20. The molecule has 0 heterocycles. The Labute approximate surface area is 115 Å². The average molecular weight is 286 g/mol. The van der Waals surface area contributed by atoms with Gasteiger partial charge in [-0.2, -0.15) is 13.2 Å². The van der Waals surface area contributed by atoms with Gasteiger partial charge in [0.1, 0.15) is 12.4 Å². The van der Waals surface area contributed by atoms with E-state index in [0.29, 0.717) is 0 Å². The molecule has 1 aliphatic rings. The first kappa shape index (κ1) is 14.9. The van der Waals surface area contributed by atoms with Crippen molar-refractivity contribution in [3.63, 3.8) is 0 Å². The van der Waals surface area contributed by atoms with E-state index in [0.717, 1.165) is 44.2 Å². The van der Waals surface area contributed by atoms with Crippen LogP contribution in [0.25, 0.3) is 0 Å². The van der Waals surface area contributed by atoms with E-state index in [-0.39, 0.29) is 24.1 Å². The molecule has 1 saturated carbocycles. The summed E-state index contributed by atoms with van der Waals surface area (Å²) in [6.45, 7) is -0.147. The number of halogens is 3. The van der Waals surface area contributed by atoms with Crippen molar-refractivity contribution < 1.29 is 22.7 Å². The fraction of sp³-hybridized carbons (Fsp3) is 0.533. The van der Waals surface area contributed by atoms with Gasteiger partial charge in [0.25, 0.3) is 0 Å². The van der Waals surface area contributed by atoms with Crippen LogP contribution in [0.15, 0.2) is 24.3 Å². The van der Waals surface area contributed by atoms with Crippen molar-refractivity contribution in [1.29, 1.82) is 0 Å². The second-order valence-corrected chi connectivity index (χ2v) is 5.12. The first-order chi connectivity index (χ1) is 9.47. The standard InChI is InChI=1S/C15H17F3O2/c16-15(17,18)12-7-4-8-13(9-12)20-10-14(19)11-5-2-1-3-6-11/h4,7-9,11H,1-3,5-6,10H2. The highest BCUT2D eigenvalue weighted by Gasteiger charge is 2.30. The van der Waals surface area contributed by atoms with Crippen LogP contribution in [-0.2, 0) is 11.0 Å². The summed E-state index contributed by atoms with van der Waals surface area (Å²) in [7, 11) is 0. The number of rotatable bonds is 4. The summed E-state index contributed by atoms with van der Waals surface area (Å²) in [5.74, 6) is 0.0839. The van der Waals surface area contributed by atoms with Gasteiger partial charge < -0.3 is 4.74 Å². The van der Waals surface area contributed by atoms with Crippen molar-refractivity contribution in [3.8, 4) is 5.75 Å². The molecule has 0 saturated heterocycles. The molecule has 0 N–H and O–H groups in total. The minimum atomic E-state index is -4.40. The molecule has 0 bridgehead atoms. The van der Waals surface area contributed by atoms with Gasteiger partial charge in [0.2, 0.25) is 0 Å². The Morgan fingerprint density at radius 1 is 1.20 bits per heavy atom. The van der Waals surface area contributed by atoms with Crippen LogP contribution >= 0.6 is 0 Å². The van der Waals surface area contributed by atoms with Gasteiger partial charge in [-0.05, 0) is 31.0 Å². The summed E-state index contributed by atoms with van der Waals surface area (Å²) in [5, 5.41) is 0. The van der Waals surface area contributed by atoms with Gasteiger partial charge in [-0.15, -0.1) is 0 Å². The Morgan fingerprint density at radius 2 is 1.90 bits per heavy atom. The monoisotopic (exact) mass is 286 g/mol. The topological polar surface area (TPSA) is 26.3 Å². The van der Waals surface area contributed by atoms with Crippen LogP contribution in [0, 0.1) is 5.92 Å². The summed E-state index contributed by atoms with van der Waals surface area (Å²) in [6.07, 6.45) is 0.570. The zero-order valence-electron chi connectivity index (χ0n) is 11.1. The number of hydrogen-bond donors (Lipinski definition) is 0. The van der Waals surface area contributed by atoms with Crippen molar-refractivity contribution >= 4 is 5.78 Å². The number of Topliss-reactive ketones (excluding diaryl/α,β-unsaturated/α-hetero) is 1. The molecule has 5 heteroatoms. The van der Waals surface area contributed by atoms with Crippen molar-refractivity contribution in [2.75, 3.05) is 6.61 Å². The molecule has 2 rings (SSSR count). The van der Waals surface area contributed by atoms with Crippen LogP contribution < -0.4 is 4.74 Å². The maximum Gasteiger partial charge on any atom is 0.416 e. The lowest BCUT2D eigenvalue weighted by molar-refractivity contribution is -0.137. The second-order valence-electron chi connectivity index (χ2n) is 5.12. The fourth-order valence-electron chi connectivity index (χ4n) is 2.46. The average Bonchev–Trinajstić information content (AvgIpc) is 2.45. The van der Waals surface area contributed by atoms with Gasteiger partial charge in [0.15, 0.2) is 5.78 Å². The summed E-state index contributed by atoms with van der Waals surface area (Å²) in [5.41, 5.74) is -0.764. The quantitative estimate of drug-likeness (QED) is 0.827. The van der Waals surface area contributed by atoms with E-state index in [1.807, 2.05) is 0 Å². The number of ether oxygens (including phenoxy) is 1. The number of alkyl halides is 3. The highest BCUT2D eigenvalue weighted by atomic mass is 19.4. The van der Waals surface area contributed by atoms with Crippen molar-refractivity contribution in [2.24, 2.45) is 5.92 Å². The number of carbonyl (C=O) groups is 1. The van der Waals surface area contributed by atoms with E-state index >= 15 is 0 Å². The van der Waals surface area contributed by atoms with Crippen molar-refractivity contribution in [1.82, 2.24) is 0 Å². The smallest absolute Gasteiger partial charge is 0.416 e. The Bertz CT molecular complexity index is 462. The maximum absolute atomic E-state index is 12.5. The largest absolute Gasteiger partial charge is 0.486 e. The molecule has 2 nitrogen and oxygen atoms in total. The normalized spacial score (nSPS) is 16.9. The van der Waals surface area contributed by atoms with Crippen LogP contribution in [0.3, 0.4) is 0 Å². The molecule has 1 aromatic rings. The molecule has 0 aliphatic heterocycles. The highest BCUT2D eigenvalue weighted by molar-refractivity contribution is 5.82. The van der Waals surface area contributed by atoms with E-state index in [1.165, 1.54) is 12.1 Å². The molecule has 0 spiro atoms. The number of hydrogen-bond acceptors (Lipinski definition) is 2. The van der Waals surface area contributed by atoms with E-state index in [2.05, 4.69) is 0 Å². The van der Waals surface area contributed by atoms with E-state index < -0.39 is 11.7 Å². The first-order valence-electron chi connectivity index (χ1n) is 6.79. The minimum absolute atomic E-state index is 0.00884. The SMILES string of the molecule is O=C(COc1cccc(C(F)(F)F)c1)C1CCCCC1. The summed E-state index contributed by atoms with van der Waals surface area (Å²) in [4.78, 5) is 11.9. The second kappa shape index (κ2) is 6.29. The molecule has 1 fully saturated rings. The number of benzene rings is 1. The molecule has 0 amide bonds. The molecule has 0 unspecified atom stereocenters. The van der Waals surface area contributed by atoms with Gasteiger partial charge >= 0.3 is 6.18 Å². The Morgan fingerprint density at radius 3 is 2.55 bits per heavy atom. The van der Waals surface area contributed by atoms with Crippen LogP contribution in [0.4, 0.5) is 13.2 Å². The molecular formula is C15H17F3O2. The molecular weight excluding hydrogens is 269 g/mol. The number of ketones is 1.